The summed E-state index contributed by atoms with van der Waals surface area (Å²) >= 11 is 4.60. The number of benzene rings is 1. The Morgan fingerprint density at radius 2 is 2.21 bits per heavy atom. The van der Waals surface area contributed by atoms with Crippen molar-refractivity contribution in [3.8, 4) is 0 Å². The Morgan fingerprint density at radius 3 is 2.79 bits per heavy atom. The SMILES string of the molecule is O=C1NCCN1c1cccc(NC(=O)C(F)(F)Cl)c1. The summed E-state index contributed by atoms with van der Waals surface area (Å²) in [6, 6.07) is 5.76. The average molecular weight is 290 g/mol. The van der Waals surface area contributed by atoms with E-state index in [4.69, 9.17) is 0 Å². The monoisotopic (exact) mass is 289 g/mol. The summed E-state index contributed by atoms with van der Waals surface area (Å²) in [4.78, 5) is 23.9. The van der Waals surface area contributed by atoms with E-state index in [0.717, 1.165) is 0 Å². The van der Waals surface area contributed by atoms with Crippen LogP contribution in [0.3, 0.4) is 0 Å². The number of carbonyl (C=O) groups is 2. The molecule has 2 rings (SSSR count). The van der Waals surface area contributed by atoms with Crippen molar-refractivity contribution in [2.75, 3.05) is 23.3 Å². The van der Waals surface area contributed by atoms with E-state index in [2.05, 4.69) is 16.9 Å². The highest BCUT2D eigenvalue weighted by Gasteiger charge is 2.35. The number of alkyl halides is 3. The van der Waals surface area contributed by atoms with Crippen molar-refractivity contribution >= 4 is 34.9 Å². The standard InChI is InChI=1S/C11H10ClF2N3O2/c12-11(13,14)9(18)16-7-2-1-3-8(6-7)17-5-4-15-10(17)19/h1-3,6H,4-5H2,(H,15,19)(H,16,18). The molecule has 1 aromatic rings. The molecule has 19 heavy (non-hydrogen) atoms. The van der Waals surface area contributed by atoms with Gasteiger partial charge in [-0.05, 0) is 29.8 Å². The third kappa shape index (κ3) is 3.11. The smallest absolute Gasteiger partial charge is 0.336 e. The van der Waals surface area contributed by atoms with Crippen LogP contribution in [0.2, 0.25) is 0 Å². The maximum absolute atomic E-state index is 12.5. The Hall–Kier alpha value is -1.89. The van der Waals surface area contributed by atoms with Gasteiger partial charge in [0.15, 0.2) is 0 Å². The van der Waals surface area contributed by atoms with Crippen LogP contribution in [-0.2, 0) is 4.79 Å². The molecule has 0 unspecified atom stereocenters. The van der Waals surface area contributed by atoms with E-state index in [9.17, 15) is 18.4 Å². The first kappa shape index (κ1) is 13.5. The van der Waals surface area contributed by atoms with Crippen LogP contribution in [0.1, 0.15) is 0 Å². The van der Waals surface area contributed by atoms with Crippen molar-refractivity contribution < 1.29 is 18.4 Å². The number of nitrogens with zero attached hydrogens (tertiary/aromatic N) is 1. The zero-order valence-electron chi connectivity index (χ0n) is 9.62. The quantitative estimate of drug-likeness (QED) is 0.836. The lowest BCUT2D eigenvalue weighted by Gasteiger charge is -2.16. The van der Waals surface area contributed by atoms with Crippen molar-refractivity contribution in [1.82, 2.24) is 5.32 Å². The summed E-state index contributed by atoms with van der Waals surface area (Å²) in [6.07, 6.45) is 0. The van der Waals surface area contributed by atoms with Crippen molar-refractivity contribution in [3.05, 3.63) is 24.3 Å². The van der Waals surface area contributed by atoms with Crippen LogP contribution in [0.25, 0.3) is 0 Å². The zero-order valence-corrected chi connectivity index (χ0v) is 10.4. The molecule has 5 nitrogen and oxygen atoms in total. The van der Waals surface area contributed by atoms with Crippen LogP contribution in [0.5, 0.6) is 0 Å². The second kappa shape index (κ2) is 5.00. The Kier molecular flexibility index (Phi) is 3.57. The summed E-state index contributed by atoms with van der Waals surface area (Å²) in [6.45, 7) is 0.983. The molecule has 0 aromatic heterocycles. The first-order valence-corrected chi connectivity index (χ1v) is 5.79. The highest BCUT2D eigenvalue weighted by atomic mass is 35.5. The number of rotatable bonds is 3. The molecule has 0 saturated carbocycles. The molecule has 1 aliphatic heterocycles. The number of carbonyl (C=O) groups excluding carboxylic acids is 2. The molecular formula is C11H10ClF2N3O2. The molecule has 1 heterocycles. The summed E-state index contributed by atoms with van der Waals surface area (Å²) < 4.78 is 25.1. The molecule has 0 bridgehead atoms. The molecule has 1 saturated heterocycles. The highest BCUT2D eigenvalue weighted by Crippen LogP contribution is 2.24. The second-order valence-electron chi connectivity index (χ2n) is 3.89. The third-order valence-electron chi connectivity index (χ3n) is 2.53. The molecule has 1 fully saturated rings. The lowest BCUT2D eigenvalue weighted by Crippen LogP contribution is -2.29. The lowest BCUT2D eigenvalue weighted by molar-refractivity contribution is -0.130. The molecule has 0 spiro atoms. The first-order chi connectivity index (χ1) is 8.88. The summed E-state index contributed by atoms with van der Waals surface area (Å²) in [5.41, 5.74) is 0.646. The van der Waals surface area contributed by atoms with E-state index >= 15 is 0 Å². The lowest BCUT2D eigenvalue weighted by atomic mass is 10.2. The topological polar surface area (TPSA) is 61.4 Å². The number of halogens is 3. The van der Waals surface area contributed by atoms with Crippen LogP contribution in [0, 0.1) is 0 Å². The fraction of sp³-hybridized carbons (Fsp3) is 0.273. The molecule has 0 radical (unpaired) electrons. The molecule has 1 aromatic carbocycles. The van der Waals surface area contributed by atoms with E-state index in [-0.39, 0.29) is 11.7 Å². The number of hydrogen-bond acceptors (Lipinski definition) is 2. The van der Waals surface area contributed by atoms with E-state index < -0.39 is 11.3 Å². The molecule has 3 amide bonds. The molecule has 102 valence electrons. The Morgan fingerprint density at radius 1 is 1.47 bits per heavy atom. The summed E-state index contributed by atoms with van der Waals surface area (Å²) in [5.74, 6) is -1.61. The van der Waals surface area contributed by atoms with Crippen LogP contribution >= 0.6 is 11.6 Å². The molecule has 1 aliphatic rings. The minimum atomic E-state index is -3.97. The predicted octanol–water partition coefficient (Wildman–Crippen LogP) is 1.99. The van der Waals surface area contributed by atoms with Crippen LogP contribution in [0.4, 0.5) is 25.0 Å². The summed E-state index contributed by atoms with van der Waals surface area (Å²) in [5, 5.41) is 0.621. The average Bonchev–Trinajstić information content (AvgIpc) is 2.74. The van der Waals surface area contributed by atoms with Gasteiger partial charge in [-0.25, -0.2) is 4.79 Å². The maximum atomic E-state index is 12.5. The van der Waals surface area contributed by atoms with Crippen molar-refractivity contribution in [3.63, 3.8) is 0 Å². The normalized spacial score (nSPS) is 15.3. The van der Waals surface area contributed by atoms with Gasteiger partial charge in [-0.3, -0.25) is 9.69 Å². The van der Waals surface area contributed by atoms with Gasteiger partial charge in [0.2, 0.25) is 0 Å². The minimum Gasteiger partial charge on any atom is -0.336 e. The number of urea groups is 1. The Balaban J connectivity index is 2.16. The third-order valence-corrected chi connectivity index (χ3v) is 2.70. The van der Waals surface area contributed by atoms with Gasteiger partial charge in [-0.15, -0.1) is 0 Å². The maximum Gasteiger partial charge on any atom is 0.400 e. The van der Waals surface area contributed by atoms with E-state index in [1.165, 1.54) is 17.0 Å². The van der Waals surface area contributed by atoms with Gasteiger partial charge in [-0.1, -0.05) is 6.07 Å². The van der Waals surface area contributed by atoms with Gasteiger partial charge < -0.3 is 10.6 Å². The van der Waals surface area contributed by atoms with Crippen LogP contribution in [0.15, 0.2) is 24.3 Å². The van der Waals surface area contributed by atoms with Crippen molar-refractivity contribution in [2.24, 2.45) is 0 Å². The Labute approximate surface area is 112 Å². The van der Waals surface area contributed by atoms with Gasteiger partial charge in [0.1, 0.15) is 0 Å². The van der Waals surface area contributed by atoms with E-state index in [1.54, 1.807) is 12.1 Å². The highest BCUT2D eigenvalue weighted by molar-refractivity contribution is 6.33. The largest absolute Gasteiger partial charge is 0.400 e. The van der Waals surface area contributed by atoms with Crippen LogP contribution in [-0.4, -0.2) is 30.4 Å². The molecular weight excluding hydrogens is 280 g/mol. The predicted molar refractivity (Wildman–Crippen MR) is 66.6 cm³/mol. The van der Waals surface area contributed by atoms with E-state index in [1.807, 2.05) is 5.32 Å². The van der Waals surface area contributed by atoms with Gasteiger partial charge in [0.25, 0.3) is 0 Å². The van der Waals surface area contributed by atoms with E-state index in [0.29, 0.717) is 18.8 Å². The van der Waals surface area contributed by atoms with Gasteiger partial charge >= 0.3 is 17.3 Å². The van der Waals surface area contributed by atoms with Gasteiger partial charge in [0, 0.05) is 24.5 Å². The Bertz CT molecular complexity index is 519. The van der Waals surface area contributed by atoms with Gasteiger partial charge in [-0.2, -0.15) is 8.78 Å². The number of amides is 3. The van der Waals surface area contributed by atoms with Crippen molar-refractivity contribution in [1.29, 1.82) is 0 Å². The summed E-state index contributed by atoms with van der Waals surface area (Å²) in [7, 11) is 0. The van der Waals surface area contributed by atoms with Gasteiger partial charge in [0.05, 0.1) is 0 Å². The minimum absolute atomic E-state index is 0.141. The number of nitrogens with one attached hydrogen (secondary N) is 2. The molecule has 2 N–H and O–H groups in total. The zero-order chi connectivity index (χ0) is 14.0. The fourth-order valence-corrected chi connectivity index (χ4v) is 1.72. The molecule has 0 atom stereocenters. The molecule has 0 aliphatic carbocycles. The second-order valence-corrected chi connectivity index (χ2v) is 4.36. The van der Waals surface area contributed by atoms with Crippen molar-refractivity contribution in [2.45, 2.75) is 5.38 Å². The fourth-order valence-electron chi connectivity index (χ4n) is 1.67. The molecule has 8 heteroatoms. The first-order valence-electron chi connectivity index (χ1n) is 5.41. The van der Waals surface area contributed by atoms with Crippen LogP contribution < -0.4 is 15.5 Å². The number of hydrogen-bond donors (Lipinski definition) is 2. The number of anilines is 2.